The molecule has 182 valence electrons. The van der Waals surface area contributed by atoms with Gasteiger partial charge in [-0.25, -0.2) is 4.39 Å². The average Bonchev–Trinajstić information content (AvgIpc) is 3.30. The molecule has 14 heteroatoms. The molecule has 3 heterocycles. The van der Waals surface area contributed by atoms with E-state index in [1.165, 1.54) is 12.3 Å². The van der Waals surface area contributed by atoms with Gasteiger partial charge in [-0.05, 0) is 47.2 Å². The molecule has 0 saturated heterocycles. The van der Waals surface area contributed by atoms with Crippen LogP contribution < -0.4 is 14.8 Å². The highest BCUT2D eigenvalue weighted by Crippen LogP contribution is 2.37. The molecule has 0 fully saturated rings. The lowest BCUT2D eigenvalue weighted by Gasteiger charge is -2.14. The number of aromatic nitrogens is 4. The van der Waals surface area contributed by atoms with Crippen molar-refractivity contribution >= 4 is 39.8 Å². The number of benzene rings is 1. The van der Waals surface area contributed by atoms with E-state index in [1.54, 1.807) is 12.1 Å². The van der Waals surface area contributed by atoms with Crippen LogP contribution in [-0.2, 0) is 6.61 Å². The van der Waals surface area contributed by atoms with Crippen molar-refractivity contribution in [2.24, 2.45) is 0 Å². The van der Waals surface area contributed by atoms with Crippen molar-refractivity contribution < 1.29 is 27.4 Å². The number of nitrogens with one attached hydrogen (secondary N) is 1. The molecule has 1 amide bonds. The minimum absolute atomic E-state index is 0.0388. The number of carbonyl (C=O) groups excluding carboxylic acids is 1. The van der Waals surface area contributed by atoms with Gasteiger partial charge in [0.25, 0.3) is 16.9 Å². The fourth-order valence-corrected chi connectivity index (χ4v) is 3.67. The average molecular weight is 533 g/mol. The molecule has 0 radical (unpaired) electrons. The number of halogens is 4. The van der Waals surface area contributed by atoms with E-state index < -0.39 is 29.6 Å². The van der Waals surface area contributed by atoms with Gasteiger partial charge >= 0.3 is 6.61 Å². The second-order valence-corrected chi connectivity index (χ2v) is 8.15. The summed E-state index contributed by atoms with van der Waals surface area (Å²) in [5.74, 6) is -2.44. The Morgan fingerprint density at radius 3 is 2.75 bits per heavy atom. The zero-order valence-electron chi connectivity index (χ0n) is 17.8. The molecule has 1 aromatic carbocycles. The maximum absolute atomic E-state index is 14.7. The van der Waals surface area contributed by atoms with Gasteiger partial charge in [0, 0.05) is 6.20 Å². The Kier molecular flexibility index (Phi) is 7.57. The number of hydrogen-bond acceptors (Lipinski definition) is 8. The van der Waals surface area contributed by atoms with Crippen LogP contribution in [-0.4, -0.2) is 32.7 Å². The Hall–Kier alpha value is -4.28. The van der Waals surface area contributed by atoms with Gasteiger partial charge in [-0.15, -0.1) is 10.1 Å². The first-order chi connectivity index (χ1) is 17.3. The SMILES string of the molecule is [C-]#[N+]c1cc(-c2c(F)cccc2OC(F)F)c(C(=O)Nc2nnc(OCc3ccc(Cl)cn3)s2)cn1. The van der Waals surface area contributed by atoms with Gasteiger partial charge in [-0.1, -0.05) is 29.3 Å². The van der Waals surface area contributed by atoms with Crippen molar-refractivity contribution in [3.8, 4) is 22.1 Å². The molecule has 0 saturated carbocycles. The molecule has 4 aromatic rings. The standard InChI is InChI=1S/C22H12ClF3N6O3S/c1-27-17-7-13(18-15(24)3-2-4-16(18)35-20(25)26)14(9-29-17)19(33)30-21-31-32-22(36-21)34-10-12-6-5-11(23)8-28-12/h2-9,20H,10H2,(H,30,31,33). The quantitative estimate of drug-likeness (QED) is 0.287. The number of rotatable bonds is 8. The number of pyridine rings is 2. The summed E-state index contributed by atoms with van der Waals surface area (Å²) in [5, 5.41) is 10.8. The van der Waals surface area contributed by atoms with Gasteiger partial charge < -0.3 is 14.3 Å². The third-order valence-corrected chi connectivity index (χ3v) is 5.44. The highest BCUT2D eigenvalue weighted by atomic mass is 35.5. The molecule has 4 rings (SSSR count). The monoisotopic (exact) mass is 532 g/mol. The fraction of sp³-hybridized carbons (Fsp3) is 0.0909. The number of carbonyl (C=O) groups is 1. The Morgan fingerprint density at radius 2 is 2.03 bits per heavy atom. The van der Waals surface area contributed by atoms with Crippen LogP contribution in [0, 0.1) is 12.4 Å². The van der Waals surface area contributed by atoms with Gasteiger partial charge in [0.2, 0.25) is 5.13 Å². The smallest absolute Gasteiger partial charge is 0.387 e. The summed E-state index contributed by atoms with van der Waals surface area (Å²) in [6.07, 6.45) is 2.49. The van der Waals surface area contributed by atoms with Crippen molar-refractivity contribution in [1.29, 1.82) is 0 Å². The topological polar surface area (TPSA) is 103 Å². The second-order valence-electron chi connectivity index (χ2n) is 6.78. The van der Waals surface area contributed by atoms with Gasteiger partial charge in [0.1, 0.15) is 24.4 Å². The molecule has 0 unspecified atom stereocenters. The zero-order valence-corrected chi connectivity index (χ0v) is 19.4. The van der Waals surface area contributed by atoms with Crippen LogP contribution in [0.2, 0.25) is 5.02 Å². The molecule has 0 aliphatic carbocycles. The first-order valence-electron chi connectivity index (χ1n) is 9.83. The van der Waals surface area contributed by atoms with Crippen molar-refractivity contribution in [2.75, 3.05) is 5.32 Å². The third kappa shape index (κ3) is 5.85. The van der Waals surface area contributed by atoms with E-state index in [4.69, 9.17) is 22.9 Å². The van der Waals surface area contributed by atoms with Crippen LogP contribution >= 0.6 is 22.9 Å². The summed E-state index contributed by atoms with van der Waals surface area (Å²) in [6, 6.07) is 7.73. The lowest BCUT2D eigenvalue weighted by atomic mass is 9.99. The molecule has 0 atom stereocenters. The van der Waals surface area contributed by atoms with E-state index in [9.17, 15) is 18.0 Å². The van der Waals surface area contributed by atoms with E-state index in [2.05, 4.69) is 35.1 Å². The minimum atomic E-state index is -3.24. The molecule has 0 aliphatic heterocycles. The highest BCUT2D eigenvalue weighted by molar-refractivity contribution is 7.17. The Morgan fingerprint density at radius 1 is 1.19 bits per heavy atom. The number of nitrogens with zero attached hydrogens (tertiary/aromatic N) is 5. The van der Waals surface area contributed by atoms with Crippen LogP contribution in [0.15, 0.2) is 48.8 Å². The Balaban J connectivity index is 1.58. The first-order valence-corrected chi connectivity index (χ1v) is 11.0. The third-order valence-electron chi connectivity index (χ3n) is 4.47. The van der Waals surface area contributed by atoms with Crippen molar-refractivity contribution in [3.63, 3.8) is 0 Å². The molecule has 3 aromatic heterocycles. The van der Waals surface area contributed by atoms with Gasteiger partial charge in [0.15, 0.2) is 0 Å². The first kappa shape index (κ1) is 24.8. The number of hydrogen-bond donors (Lipinski definition) is 1. The Labute approximate surface area is 210 Å². The molecular formula is C22H12ClF3N6O3S. The van der Waals surface area contributed by atoms with Crippen LogP contribution in [0.1, 0.15) is 16.1 Å². The molecule has 0 bridgehead atoms. The van der Waals surface area contributed by atoms with Crippen molar-refractivity contribution in [3.05, 3.63) is 82.3 Å². The summed E-state index contributed by atoms with van der Waals surface area (Å²) < 4.78 is 50.5. The predicted molar refractivity (Wildman–Crippen MR) is 124 cm³/mol. The molecule has 9 nitrogen and oxygen atoms in total. The Bertz CT molecular complexity index is 1450. The fourth-order valence-electron chi connectivity index (χ4n) is 2.96. The maximum atomic E-state index is 14.7. The lowest BCUT2D eigenvalue weighted by Crippen LogP contribution is -2.14. The predicted octanol–water partition coefficient (Wildman–Crippen LogP) is 5.77. The van der Waals surface area contributed by atoms with E-state index >= 15 is 0 Å². The largest absolute Gasteiger partial charge is 0.462 e. The summed E-state index contributed by atoms with van der Waals surface area (Å²) in [4.78, 5) is 24.1. The maximum Gasteiger partial charge on any atom is 0.387 e. The number of ether oxygens (including phenoxy) is 2. The van der Waals surface area contributed by atoms with Gasteiger partial charge in [-0.3, -0.25) is 15.1 Å². The second kappa shape index (κ2) is 11.0. The van der Waals surface area contributed by atoms with Crippen LogP contribution in [0.3, 0.4) is 0 Å². The van der Waals surface area contributed by atoms with Gasteiger partial charge in [0.05, 0.1) is 21.8 Å². The summed E-state index contributed by atoms with van der Waals surface area (Å²) >= 11 is 6.70. The van der Waals surface area contributed by atoms with Crippen LogP contribution in [0.5, 0.6) is 10.9 Å². The normalized spacial score (nSPS) is 10.7. The summed E-state index contributed by atoms with van der Waals surface area (Å²) in [7, 11) is 0. The van der Waals surface area contributed by atoms with E-state index in [-0.39, 0.29) is 33.9 Å². The van der Waals surface area contributed by atoms with E-state index in [0.717, 1.165) is 35.7 Å². The van der Waals surface area contributed by atoms with Crippen LogP contribution in [0.25, 0.3) is 16.0 Å². The number of amides is 1. The molecule has 0 spiro atoms. The number of anilines is 1. The number of alkyl halides is 2. The van der Waals surface area contributed by atoms with Crippen molar-refractivity contribution in [2.45, 2.75) is 13.2 Å². The lowest BCUT2D eigenvalue weighted by molar-refractivity contribution is -0.0495. The summed E-state index contributed by atoms with van der Waals surface area (Å²) in [6.45, 7) is 4.00. The zero-order chi connectivity index (χ0) is 25.7. The highest BCUT2D eigenvalue weighted by Gasteiger charge is 2.24. The minimum Gasteiger partial charge on any atom is -0.462 e. The molecule has 0 aliphatic rings. The molecular weight excluding hydrogens is 521 g/mol. The summed E-state index contributed by atoms with van der Waals surface area (Å²) in [5.41, 5.74) is -0.221. The van der Waals surface area contributed by atoms with Crippen LogP contribution in [0.4, 0.5) is 24.1 Å². The molecule has 1 N–H and O–H groups in total. The van der Waals surface area contributed by atoms with Crippen molar-refractivity contribution in [1.82, 2.24) is 20.2 Å². The van der Waals surface area contributed by atoms with E-state index in [1.807, 2.05) is 0 Å². The molecule has 36 heavy (non-hydrogen) atoms. The van der Waals surface area contributed by atoms with Gasteiger partial charge in [-0.2, -0.15) is 8.78 Å². The van der Waals surface area contributed by atoms with E-state index in [0.29, 0.717) is 10.7 Å².